The molecule has 5 rings (SSSR count). The van der Waals surface area contributed by atoms with E-state index in [1.165, 1.54) is 18.6 Å². The summed E-state index contributed by atoms with van der Waals surface area (Å²) < 4.78 is 25.6. The number of H-pyrrole nitrogens is 1. The number of nitrogens with zero attached hydrogens (tertiary/aromatic N) is 5. The summed E-state index contributed by atoms with van der Waals surface area (Å²) in [6.45, 7) is 4.08. The van der Waals surface area contributed by atoms with Crippen molar-refractivity contribution in [3.63, 3.8) is 0 Å². The number of halogens is 1. The number of carbonyl (C=O) groups is 1. The molecule has 38 heavy (non-hydrogen) atoms. The van der Waals surface area contributed by atoms with Crippen molar-refractivity contribution in [1.82, 2.24) is 25.3 Å². The van der Waals surface area contributed by atoms with Gasteiger partial charge in [-0.3, -0.25) is 4.79 Å². The fourth-order valence-corrected chi connectivity index (χ4v) is 4.58. The Morgan fingerprint density at radius 1 is 1.18 bits per heavy atom. The number of imidazole rings is 1. The molecule has 2 aliphatic heterocycles. The van der Waals surface area contributed by atoms with Crippen LogP contribution in [0.2, 0.25) is 0 Å². The van der Waals surface area contributed by atoms with Crippen LogP contribution < -0.4 is 10.2 Å². The first-order valence-electron chi connectivity index (χ1n) is 12.8. The topological polar surface area (TPSA) is 129 Å². The van der Waals surface area contributed by atoms with E-state index in [1.807, 2.05) is 12.1 Å². The van der Waals surface area contributed by atoms with Gasteiger partial charge in [-0.25, -0.2) is 19.3 Å². The van der Waals surface area contributed by atoms with Crippen LogP contribution in [0, 0.1) is 22.6 Å². The third-order valence-corrected chi connectivity index (χ3v) is 6.78. The van der Waals surface area contributed by atoms with Crippen LogP contribution in [0.1, 0.15) is 44.7 Å². The minimum absolute atomic E-state index is 0.116. The molecule has 2 aromatic heterocycles. The Hall–Kier alpha value is -3.88. The summed E-state index contributed by atoms with van der Waals surface area (Å²) in [4.78, 5) is 32.2. The van der Waals surface area contributed by atoms with Gasteiger partial charge in [0.25, 0.3) is 0 Å². The van der Waals surface area contributed by atoms with Gasteiger partial charge >= 0.3 is 0 Å². The normalized spacial score (nSPS) is 21.6. The Balaban J connectivity index is 1.42. The summed E-state index contributed by atoms with van der Waals surface area (Å²) in [6, 6.07) is 9.91. The fourth-order valence-electron chi connectivity index (χ4n) is 4.58. The second-order valence-corrected chi connectivity index (χ2v) is 9.82. The van der Waals surface area contributed by atoms with E-state index < -0.39 is 11.7 Å². The second kappa shape index (κ2) is 11.2. The molecule has 1 aromatic carbocycles. The van der Waals surface area contributed by atoms with Crippen molar-refractivity contribution in [3.05, 3.63) is 48.2 Å². The molecule has 0 saturated carbocycles. The zero-order valence-corrected chi connectivity index (χ0v) is 21.2. The molecule has 10 nitrogen and oxygen atoms in total. The van der Waals surface area contributed by atoms with Gasteiger partial charge in [-0.15, -0.1) is 0 Å². The zero-order valence-electron chi connectivity index (χ0n) is 21.2. The molecule has 0 unspecified atom stereocenters. The van der Waals surface area contributed by atoms with Gasteiger partial charge in [-0.1, -0.05) is 0 Å². The largest absolute Gasteiger partial charge is 0.354 e. The average molecular weight is 520 g/mol. The standard InChI is InChI=1S/C27H30FN7O3/c1-27(25(36)30-12-5-11-29)16-37-24(38-17-27)23-33-21(18-6-8-19(28)9-7-18)22(34-23)20-10-13-31-26(32-20)35-14-3-2-4-15-35/h6-10,13,24H,2-5,12,14-17H2,1H3,(H,30,36)(H,33,34). The van der Waals surface area contributed by atoms with E-state index in [2.05, 4.69) is 20.2 Å². The molecule has 0 atom stereocenters. The highest BCUT2D eigenvalue weighted by Gasteiger charge is 2.40. The number of carbonyl (C=O) groups excluding carboxylic acids is 1. The summed E-state index contributed by atoms with van der Waals surface area (Å²) in [6.07, 6.45) is 4.55. The van der Waals surface area contributed by atoms with Gasteiger partial charge in [0, 0.05) is 31.4 Å². The molecule has 0 bridgehead atoms. The third-order valence-electron chi connectivity index (χ3n) is 6.78. The van der Waals surface area contributed by atoms with E-state index in [1.54, 1.807) is 25.3 Å². The smallest absolute Gasteiger partial charge is 0.230 e. The number of aromatic amines is 1. The van der Waals surface area contributed by atoms with Crippen LogP contribution in [0.4, 0.5) is 10.3 Å². The molecule has 4 heterocycles. The van der Waals surface area contributed by atoms with Crippen molar-refractivity contribution < 1.29 is 18.7 Å². The van der Waals surface area contributed by atoms with Crippen molar-refractivity contribution in [3.8, 4) is 28.7 Å². The minimum atomic E-state index is -0.892. The van der Waals surface area contributed by atoms with Crippen LogP contribution in [0.15, 0.2) is 36.5 Å². The number of nitriles is 1. The Labute approximate surface area is 220 Å². The summed E-state index contributed by atoms with van der Waals surface area (Å²) >= 11 is 0. The first kappa shape index (κ1) is 25.8. The monoisotopic (exact) mass is 519 g/mol. The number of aromatic nitrogens is 4. The second-order valence-electron chi connectivity index (χ2n) is 9.82. The summed E-state index contributed by atoms with van der Waals surface area (Å²) in [5.41, 5.74) is 1.69. The SMILES string of the molecule is CC1(C(=O)NCCC#N)COC(c2nc(-c3ccc(F)cc3)c(-c3ccnc(N4CCCCC4)n3)[nH]2)OC1. The molecule has 2 saturated heterocycles. The van der Waals surface area contributed by atoms with Gasteiger partial charge in [-0.05, 0) is 56.5 Å². The number of piperidine rings is 1. The lowest BCUT2D eigenvalue weighted by molar-refractivity contribution is -0.231. The predicted molar refractivity (Wildman–Crippen MR) is 137 cm³/mol. The molecule has 2 aliphatic rings. The van der Waals surface area contributed by atoms with Crippen molar-refractivity contribution in [2.24, 2.45) is 5.41 Å². The summed E-state index contributed by atoms with van der Waals surface area (Å²) in [5.74, 6) is 0.507. The number of ether oxygens (including phenoxy) is 2. The summed E-state index contributed by atoms with van der Waals surface area (Å²) in [5, 5.41) is 11.5. The molecule has 198 valence electrons. The number of benzene rings is 1. The van der Waals surface area contributed by atoms with Crippen molar-refractivity contribution >= 4 is 11.9 Å². The minimum Gasteiger partial charge on any atom is -0.354 e. The average Bonchev–Trinajstić information content (AvgIpc) is 3.40. The number of anilines is 1. The highest BCUT2D eigenvalue weighted by atomic mass is 19.1. The molecular weight excluding hydrogens is 489 g/mol. The van der Waals surface area contributed by atoms with Crippen LogP contribution >= 0.6 is 0 Å². The molecule has 0 radical (unpaired) electrons. The Kier molecular flexibility index (Phi) is 7.62. The van der Waals surface area contributed by atoms with E-state index in [9.17, 15) is 9.18 Å². The molecular formula is C27H30FN7O3. The number of nitrogens with one attached hydrogen (secondary N) is 2. The van der Waals surface area contributed by atoms with Gasteiger partial charge in [0.2, 0.25) is 18.1 Å². The van der Waals surface area contributed by atoms with Crippen LogP contribution in [-0.4, -0.2) is 58.7 Å². The first-order chi connectivity index (χ1) is 18.5. The lowest BCUT2D eigenvalue weighted by Crippen LogP contribution is -2.48. The van der Waals surface area contributed by atoms with Gasteiger partial charge < -0.3 is 24.7 Å². The number of hydrogen-bond acceptors (Lipinski definition) is 8. The third kappa shape index (κ3) is 5.51. The molecule has 0 aliphatic carbocycles. The molecule has 11 heteroatoms. The maximum atomic E-state index is 13.7. The fraction of sp³-hybridized carbons (Fsp3) is 0.444. The van der Waals surface area contributed by atoms with E-state index in [-0.39, 0.29) is 37.9 Å². The van der Waals surface area contributed by atoms with Gasteiger partial charge in [0.05, 0.1) is 48.2 Å². The van der Waals surface area contributed by atoms with E-state index in [4.69, 9.17) is 24.7 Å². The maximum absolute atomic E-state index is 13.7. The highest BCUT2D eigenvalue weighted by Crippen LogP contribution is 2.36. The lowest BCUT2D eigenvalue weighted by Gasteiger charge is -2.35. The van der Waals surface area contributed by atoms with Crippen molar-refractivity contribution in [2.45, 2.75) is 38.9 Å². The molecule has 1 amide bonds. The van der Waals surface area contributed by atoms with Crippen LogP contribution in [0.5, 0.6) is 0 Å². The maximum Gasteiger partial charge on any atom is 0.230 e. The number of amides is 1. The Morgan fingerprint density at radius 3 is 2.63 bits per heavy atom. The zero-order chi connectivity index (χ0) is 26.5. The van der Waals surface area contributed by atoms with Gasteiger partial charge in [0.1, 0.15) is 5.82 Å². The van der Waals surface area contributed by atoms with Gasteiger partial charge in [-0.2, -0.15) is 5.26 Å². The van der Waals surface area contributed by atoms with Crippen LogP contribution in [0.25, 0.3) is 22.6 Å². The van der Waals surface area contributed by atoms with E-state index in [0.29, 0.717) is 34.4 Å². The van der Waals surface area contributed by atoms with Crippen molar-refractivity contribution in [1.29, 1.82) is 5.26 Å². The lowest BCUT2D eigenvalue weighted by atomic mass is 9.91. The predicted octanol–water partition coefficient (Wildman–Crippen LogP) is 3.74. The van der Waals surface area contributed by atoms with Gasteiger partial charge in [0.15, 0.2) is 5.82 Å². The molecule has 3 aromatic rings. The number of hydrogen-bond donors (Lipinski definition) is 2. The Morgan fingerprint density at radius 2 is 1.92 bits per heavy atom. The van der Waals surface area contributed by atoms with Crippen molar-refractivity contribution in [2.75, 3.05) is 37.7 Å². The molecule has 0 spiro atoms. The first-order valence-corrected chi connectivity index (χ1v) is 12.8. The Bertz CT molecular complexity index is 1310. The molecule has 2 N–H and O–H groups in total. The highest BCUT2D eigenvalue weighted by molar-refractivity contribution is 5.82. The summed E-state index contributed by atoms with van der Waals surface area (Å²) in [7, 11) is 0. The molecule has 2 fully saturated rings. The van der Waals surface area contributed by atoms with Crippen LogP contribution in [0.3, 0.4) is 0 Å². The quantitative estimate of drug-likeness (QED) is 0.452. The van der Waals surface area contributed by atoms with Crippen LogP contribution in [-0.2, 0) is 14.3 Å². The van der Waals surface area contributed by atoms with E-state index in [0.717, 1.165) is 25.9 Å². The number of rotatable bonds is 7. The van der Waals surface area contributed by atoms with E-state index >= 15 is 0 Å².